The standard InChI is InChI=1S/C21H20ClN3O2/c1-13-6-7-14(2)17(10-13)20-23-21(27-24-20)18-8-9-19(26)25(18)12-15-4-3-5-16(22)11-15/h3-7,10-11,18H,8-9,12H2,1-2H3. The molecule has 1 atom stereocenters. The minimum absolute atomic E-state index is 0.0893. The summed E-state index contributed by atoms with van der Waals surface area (Å²) in [6.07, 6.45) is 1.15. The van der Waals surface area contributed by atoms with Crippen molar-refractivity contribution in [1.29, 1.82) is 0 Å². The molecule has 0 spiro atoms. The summed E-state index contributed by atoms with van der Waals surface area (Å²) in [5.41, 5.74) is 4.17. The first kappa shape index (κ1) is 17.7. The van der Waals surface area contributed by atoms with E-state index < -0.39 is 0 Å². The molecule has 1 fully saturated rings. The van der Waals surface area contributed by atoms with Crippen molar-refractivity contribution in [1.82, 2.24) is 15.0 Å². The Hall–Kier alpha value is -2.66. The largest absolute Gasteiger partial charge is 0.337 e. The number of aryl methyl sites for hydroxylation is 2. The van der Waals surface area contributed by atoms with Crippen LogP contribution in [0.1, 0.15) is 41.5 Å². The van der Waals surface area contributed by atoms with Gasteiger partial charge in [0.05, 0.1) is 0 Å². The molecular weight excluding hydrogens is 362 g/mol. The van der Waals surface area contributed by atoms with Crippen LogP contribution in [0.5, 0.6) is 0 Å². The second kappa shape index (κ2) is 7.16. The highest BCUT2D eigenvalue weighted by Gasteiger charge is 2.36. The van der Waals surface area contributed by atoms with Crippen LogP contribution in [0.4, 0.5) is 0 Å². The van der Waals surface area contributed by atoms with Crippen molar-refractivity contribution in [2.75, 3.05) is 0 Å². The van der Waals surface area contributed by atoms with Crippen LogP contribution in [0.15, 0.2) is 47.0 Å². The van der Waals surface area contributed by atoms with Crippen molar-refractivity contribution in [2.24, 2.45) is 0 Å². The van der Waals surface area contributed by atoms with Crippen LogP contribution in [0, 0.1) is 13.8 Å². The van der Waals surface area contributed by atoms with Crippen molar-refractivity contribution in [3.8, 4) is 11.4 Å². The Kier molecular flexibility index (Phi) is 4.70. The summed E-state index contributed by atoms with van der Waals surface area (Å²) in [6, 6.07) is 13.5. The first-order valence-corrected chi connectivity index (χ1v) is 9.34. The zero-order chi connectivity index (χ0) is 19.0. The Morgan fingerprint density at radius 1 is 1.22 bits per heavy atom. The summed E-state index contributed by atoms with van der Waals surface area (Å²) < 4.78 is 5.56. The van der Waals surface area contributed by atoms with E-state index in [0.29, 0.717) is 36.1 Å². The molecule has 0 aliphatic carbocycles. The minimum atomic E-state index is -0.206. The van der Waals surface area contributed by atoms with E-state index in [1.807, 2.05) is 50.2 Å². The van der Waals surface area contributed by atoms with Gasteiger partial charge in [-0.25, -0.2) is 0 Å². The summed E-state index contributed by atoms with van der Waals surface area (Å²) in [6.45, 7) is 4.53. The van der Waals surface area contributed by atoms with Crippen LogP contribution in [0.2, 0.25) is 5.02 Å². The average Bonchev–Trinajstić information content (AvgIpc) is 3.25. The molecule has 1 aliphatic rings. The molecule has 1 aromatic heterocycles. The second-order valence-electron chi connectivity index (χ2n) is 6.98. The van der Waals surface area contributed by atoms with Gasteiger partial charge in [-0.1, -0.05) is 46.6 Å². The van der Waals surface area contributed by atoms with Crippen molar-refractivity contribution in [3.05, 3.63) is 70.1 Å². The van der Waals surface area contributed by atoms with Gasteiger partial charge in [0.25, 0.3) is 0 Å². The summed E-state index contributed by atoms with van der Waals surface area (Å²) >= 11 is 6.07. The Morgan fingerprint density at radius 3 is 2.89 bits per heavy atom. The van der Waals surface area contributed by atoms with E-state index in [0.717, 1.165) is 22.3 Å². The first-order chi connectivity index (χ1) is 13.0. The van der Waals surface area contributed by atoms with E-state index in [1.54, 1.807) is 4.90 Å². The Balaban J connectivity index is 1.61. The fourth-order valence-electron chi connectivity index (χ4n) is 3.48. The van der Waals surface area contributed by atoms with Crippen LogP contribution >= 0.6 is 11.6 Å². The van der Waals surface area contributed by atoms with Gasteiger partial charge in [-0.15, -0.1) is 0 Å². The number of hydrogen-bond donors (Lipinski definition) is 0. The lowest BCUT2D eigenvalue weighted by molar-refractivity contribution is -0.129. The molecule has 2 aromatic carbocycles. The lowest BCUT2D eigenvalue weighted by Gasteiger charge is -2.22. The van der Waals surface area contributed by atoms with Crippen LogP contribution < -0.4 is 0 Å². The van der Waals surface area contributed by atoms with Crippen molar-refractivity contribution < 1.29 is 9.32 Å². The van der Waals surface area contributed by atoms with Crippen LogP contribution in [-0.4, -0.2) is 20.9 Å². The quantitative estimate of drug-likeness (QED) is 0.646. The molecular formula is C21H20ClN3O2. The van der Waals surface area contributed by atoms with Gasteiger partial charge in [0, 0.05) is 23.6 Å². The van der Waals surface area contributed by atoms with Crippen molar-refractivity contribution in [3.63, 3.8) is 0 Å². The molecule has 0 radical (unpaired) electrons. The molecule has 27 heavy (non-hydrogen) atoms. The molecule has 1 saturated heterocycles. The van der Waals surface area contributed by atoms with E-state index in [9.17, 15) is 4.79 Å². The summed E-state index contributed by atoms with van der Waals surface area (Å²) in [5, 5.41) is 4.83. The van der Waals surface area contributed by atoms with E-state index >= 15 is 0 Å². The number of amides is 1. The molecule has 5 nitrogen and oxygen atoms in total. The molecule has 6 heteroatoms. The maximum Gasteiger partial charge on any atom is 0.249 e. The van der Waals surface area contributed by atoms with E-state index in [4.69, 9.17) is 16.1 Å². The number of halogens is 1. The molecule has 2 heterocycles. The predicted molar refractivity (Wildman–Crippen MR) is 103 cm³/mol. The van der Waals surface area contributed by atoms with Gasteiger partial charge in [-0.2, -0.15) is 4.98 Å². The second-order valence-corrected chi connectivity index (χ2v) is 7.42. The number of benzene rings is 2. The third kappa shape index (κ3) is 3.60. The van der Waals surface area contributed by atoms with Crippen molar-refractivity contribution in [2.45, 2.75) is 39.3 Å². The highest BCUT2D eigenvalue weighted by atomic mass is 35.5. The smallest absolute Gasteiger partial charge is 0.249 e. The van der Waals surface area contributed by atoms with Gasteiger partial charge < -0.3 is 9.42 Å². The maximum atomic E-state index is 12.4. The average molecular weight is 382 g/mol. The zero-order valence-corrected chi connectivity index (χ0v) is 16.0. The first-order valence-electron chi connectivity index (χ1n) is 8.96. The third-order valence-electron chi connectivity index (χ3n) is 4.93. The molecule has 0 bridgehead atoms. The molecule has 138 valence electrons. The third-order valence-corrected chi connectivity index (χ3v) is 5.17. The zero-order valence-electron chi connectivity index (χ0n) is 15.3. The van der Waals surface area contributed by atoms with Crippen LogP contribution in [-0.2, 0) is 11.3 Å². The highest BCUT2D eigenvalue weighted by Crippen LogP contribution is 2.34. The number of likely N-dealkylation sites (tertiary alicyclic amines) is 1. The lowest BCUT2D eigenvalue weighted by Crippen LogP contribution is -2.27. The van der Waals surface area contributed by atoms with Gasteiger partial charge in [-0.05, 0) is 49.6 Å². The molecule has 1 amide bonds. The topological polar surface area (TPSA) is 59.2 Å². The van der Waals surface area contributed by atoms with Gasteiger partial charge in [-0.3, -0.25) is 4.79 Å². The molecule has 0 N–H and O–H groups in total. The van der Waals surface area contributed by atoms with E-state index in [2.05, 4.69) is 16.2 Å². The minimum Gasteiger partial charge on any atom is -0.337 e. The maximum absolute atomic E-state index is 12.4. The van der Waals surface area contributed by atoms with Gasteiger partial charge in [0.1, 0.15) is 6.04 Å². The Labute approximate surface area is 163 Å². The SMILES string of the molecule is Cc1ccc(C)c(-c2noc(C3CCC(=O)N3Cc3cccc(Cl)c3)n2)c1. The van der Waals surface area contributed by atoms with Gasteiger partial charge >= 0.3 is 0 Å². The monoisotopic (exact) mass is 381 g/mol. The normalized spacial score (nSPS) is 16.9. The Bertz CT molecular complexity index is 999. The number of carbonyl (C=O) groups excluding carboxylic acids is 1. The van der Waals surface area contributed by atoms with Gasteiger partial charge in [0.15, 0.2) is 0 Å². The van der Waals surface area contributed by atoms with E-state index in [1.165, 1.54) is 0 Å². The molecule has 1 aliphatic heterocycles. The van der Waals surface area contributed by atoms with Crippen LogP contribution in [0.25, 0.3) is 11.4 Å². The van der Waals surface area contributed by atoms with Gasteiger partial charge in [0.2, 0.25) is 17.6 Å². The van der Waals surface area contributed by atoms with E-state index in [-0.39, 0.29) is 11.9 Å². The number of carbonyl (C=O) groups is 1. The fourth-order valence-corrected chi connectivity index (χ4v) is 3.69. The number of aromatic nitrogens is 2. The molecule has 0 saturated carbocycles. The summed E-state index contributed by atoms with van der Waals surface area (Å²) in [7, 11) is 0. The van der Waals surface area contributed by atoms with Crippen LogP contribution in [0.3, 0.4) is 0 Å². The molecule has 1 unspecified atom stereocenters. The number of nitrogens with zero attached hydrogens (tertiary/aromatic N) is 3. The summed E-state index contributed by atoms with van der Waals surface area (Å²) in [4.78, 5) is 18.8. The number of hydrogen-bond acceptors (Lipinski definition) is 4. The Morgan fingerprint density at radius 2 is 2.07 bits per heavy atom. The van der Waals surface area contributed by atoms with Crippen molar-refractivity contribution >= 4 is 17.5 Å². The molecule has 3 aromatic rings. The molecule has 4 rings (SSSR count). The highest BCUT2D eigenvalue weighted by molar-refractivity contribution is 6.30. The number of rotatable bonds is 4. The predicted octanol–water partition coefficient (Wildman–Crippen LogP) is 4.87. The fraction of sp³-hybridized carbons (Fsp3) is 0.286. The summed E-state index contributed by atoms with van der Waals surface area (Å²) in [5.74, 6) is 1.14. The lowest BCUT2D eigenvalue weighted by atomic mass is 10.1.